The first-order chi connectivity index (χ1) is 13.6. The zero-order chi connectivity index (χ0) is 19.3. The zero-order valence-electron chi connectivity index (χ0n) is 15.9. The molecule has 1 aromatic carbocycles. The number of hydrogen-bond acceptors (Lipinski definition) is 6. The number of rotatable bonds is 2. The second-order valence-corrected chi connectivity index (χ2v) is 7.52. The van der Waals surface area contributed by atoms with Crippen LogP contribution in [0.3, 0.4) is 0 Å². The molecule has 1 amide bonds. The Labute approximate surface area is 163 Å². The maximum atomic E-state index is 12.6. The Bertz CT molecular complexity index is 1000. The van der Waals surface area contributed by atoms with E-state index in [9.17, 15) is 4.79 Å². The van der Waals surface area contributed by atoms with Crippen molar-refractivity contribution in [2.24, 2.45) is 5.92 Å². The van der Waals surface area contributed by atoms with Crippen molar-refractivity contribution in [2.45, 2.75) is 19.9 Å². The molecule has 3 aliphatic rings. The minimum absolute atomic E-state index is 0.0402. The molecule has 2 atom stereocenters. The molecule has 4 N–H and O–H groups in total. The van der Waals surface area contributed by atoms with Gasteiger partial charge in [0.15, 0.2) is 0 Å². The summed E-state index contributed by atoms with van der Waals surface area (Å²) in [4.78, 5) is 17.1. The number of hydrogen-bond donors (Lipinski definition) is 4. The summed E-state index contributed by atoms with van der Waals surface area (Å²) in [6.45, 7) is 6.40. The van der Waals surface area contributed by atoms with E-state index < -0.39 is 0 Å². The van der Waals surface area contributed by atoms with Gasteiger partial charge in [-0.2, -0.15) is 0 Å². The number of pyridine rings is 1. The molecule has 0 radical (unpaired) electrons. The Morgan fingerprint density at radius 2 is 2.18 bits per heavy atom. The summed E-state index contributed by atoms with van der Waals surface area (Å²) >= 11 is 0. The van der Waals surface area contributed by atoms with Crippen molar-refractivity contribution in [3.05, 3.63) is 41.6 Å². The maximum Gasteiger partial charge on any atom is 0.256 e. The Morgan fingerprint density at radius 1 is 1.29 bits per heavy atom. The van der Waals surface area contributed by atoms with Crippen molar-refractivity contribution in [3.63, 3.8) is 0 Å². The van der Waals surface area contributed by atoms with Gasteiger partial charge in [-0.1, -0.05) is 12.1 Å². The molecule has 2 unspecified atom stereocenters. The number of benzene rings is 1. The third kappa shape index (κ3) is 2.75. The lowest BCUT2D eigenvalue weighted by atomic mass is 9.94. The molecule has 2 aromatic rings. The van der Waals surface area contributed by atoms with Crippen molar-refractivity contribution >= 4 is 22.9 Å². The van der Waals surface area contributed by atoms with Crippen LogP contribution in [0, 0.1) is 12.8 Å². The van der Waals surface area contributed by atoms with E-state index in [1.165, 1.54) is 0 Å². The van der Waals surface area contributed by atoms with Crippen molar-refractivity contribution in [1.29, 1.82) is 0 Å². The van der Waals surface area contributed by atoms with Crippen LogP contribution in [-0.4, -0.2) is 36.6 Å². The molecule has 5 rings (SSSR count). The van der Waals surface area contributed by atoms with E-state index in [2.05, 4.69) is 52.5 Å². The van der Waals surface area contributed by atoms with Gasteiger partial charge in [-0.25, -0.2) is 4.98 Å². The van der Waals surface area contributed by atoms with Crippen LogP contribution in [-0.2, 0) is 4.79 Å². The molecule has 1 saturated heterocycles. The highest BCUT2D eigenvalue weighted by molar-refractivity contribution is 6.31. The van der Waals surface area contributed by atoms with Crippen LogP contribution in [0.4, 0.5) is 11.4 Å². The summed E-state index contributed by atoms with van der Waals surface area (Å²) < 4.78 is 5.64. The van der Waals surface area contributed by atoms with Crippen LogP contribution in [0.2, 0.25) is 0 Å². The van der Waals surface area contributed by atoms with Crippen LogP contribution >= 0.6 is 0 Å². The quantitative estimate of drug-likeness (QED) is 0.601. The SMILES string of the molecule is Cc1c(-c2ccc3c(c2)/C(=C/C2CNNC2C)C(=O)N3)cnc2c1NCCO2. The molecule has 28 heavy (non-hydrogen) atoms. The third-order valence-corrected chi connectivity index (χ3v) is 5.75. The summed E-state index contributed by atoms with van der Waals surface area (Å²) in [5.41, 5.74) is 13.0. The molecule has 1 aromatic heterocycles. The number of nitrogens with one attached hydrogen (secondary N) is 4. The number of amides is 1. The summed E-state index contributed by atoms with van der Waals surface area (Å²) in [7, 11) is 0. The van der Waals surface area contributed by atoms with Gasteiger partial charge in [0.1, 0.15) is 12.3 Å². The maximum absolute atomic E-state index is 12.6. The predicted octanol–water partition coefficient (Wildman–Crippen LogP) is 2.31. The van der Waals surface area contributed by atoms with Gasteiger partial charge >= 0.3 is 0 Å². The van der Waals surface area contributed by atoms with E-state index in [1.54, 1.807) is 0 Å². The van der Waals surface area contributed by atoms with Crippen molar-refractivity contribution in [2.75, 3.05) is 30.3 Å². The third-order valence-electron chi connectivity index (χ3n) is 5.75. The van der Waals surface area contributed by atoms with Crippen LogP contribution in [0.15, 0.2) is 30.5 Å². The fourth-order valence-electron chi connectivity index (χ4n) is 4.07. The number of aromatic nitrogens is 1. The van der Waals surface area contributed by atoms with Gasteiger partial charge < -0.3 is 15.4 Å². The molecule has 0 saturated carbocycles. The smallest absolute Gasteiger partial charge is 0.256 e. The second kappa shape index (κ2) is 6.61. The summed E-state index contributed by atoms with van der Waals surface area (Å²) in [5.74, 6) is 0.881. The monoisotopic (exact) mass is 377 g/mol. The number of nitrogens with zero attached hydrogens (tertiary/aromatic N) is 1. The Morgan fingerprint density at radius 3 is 3.00 bits per heavy atom. The molecular formula is C21H23N5O2. The highest BCUT2D eigenvalue weighted by Crippen LogP contribution is 2.39. The van der Waals surface area contributed by atoms with Crippen molar-refractivity contribution < 1.29 is 9.53 Å². The summed E-state index contributed by atoms with van der Waals surface area (Å²) in [6.07, 6.45) is 3.93. The van der Waals surface area contributed by atoms with Gasteiger partial charge in [0.2, 0.25) is 5.88 Å². The standard InChI is InChI=1S/C21H23N5O2/c1-11-17(10-23-21-19(11)22-5-6-28-21)13-3-4-18-15(7-13)16(20(27)25-18)8-14-9-24-26-12(14)2/h3-4,7-8,10,12,14,22,24,26H,5-6,9H2,1-2H3,(H,25,27)/b16-8-. The van der Waals surface area contributed by atoms with Crippen molar-refractivity contribution in [3.8, 4) is 17.0 Å². The van der Waals surface area contributed by atoms with Gasteiger partial charge in [-0.3, -0.25) is 15.6 Å². The topological polar surface area (TPSA) is 87.3 Å². The van der Waals surface area contributed by atoms with Gasteiger partial charge in [0.25, 0.3) is 5.91 Å². The van der Waals surface area contributed by atoms with E-state index in [0.29, 0.717) is 12.5 Å². The van der Waals surface area contributed by atoms with Gasteiger partial charge in [0.05, 0.1) is 0 Å². The molecular weight excluding hydrogens is 354 g/mol. The van der Waals surface area contributed by atoms with E-state index in [4.69, 9.17) is 4.74 Å². The minimum Gasteiger partial charge on any atom is -0.474 e. The summed E-state index contributed by atoms with van der Waals surface area (Å²) in [5, 5.41) is 6.37. The first kappa shape index (κ1) is 17.2. The van der Waals surface area contributed by atoms with Gasteiger partial charge in [-0.15, -0.1) is 0 Å². The molecule has 7 nitrogen and oxygen atoms in total. The van der Waals surface area contributed by atoms with Crippen LogP contribution in [0.5, 0.6) is 5.88 Å². The largest absolute Gasteiger partial charge is 0.474 e. The fraction of sp³-hybridized carbons (Fsp3) is 0.333. The number of carbonyl (C=O) groups is 1. The molecule has 0 bridgehead atoms. The Kier molecular flexibility index (Phi) is 4.07. The highest BCUT2D eigenvalue weighted by atomic mass is 16.5. The fourth-order valence-corrected chi connectivity index (χ4v) is 4.07. The lowest BCUT2D eigenvalue weighted by Gasteiger charge is -2.21. The normalized spacial score (nSPS) is 24.4. The lowest BCUT2D eigenvalue weighted by Crippen LogP contribution is -2.28. The first-order valence-electron chi connectivity index (χ1n) is 9.64. The lowest BCUT2D eigenvalue weighted by molar-refractivity contribution is -0.110. The van der Waals surface area contributed by atoms with E-state index >= 15 is 0 Å². The molecule has 4 heterocycles. The first-order valence-corrected chi connectivity index (χ1v) is 9.64. The Balaban J connectivity index is 1.56. The molecule has 144 valence electrons. The number of fused-ring (bicyclic) bond motifs is 2. The summed E-state index contributed by atoms with van der Waals surface area (Å²) in [6, 6.07) is 6.37. The zero-order valence-corrected chi connectivity index (χ0v) is 15.9. The van der Waals surface area contributed by atoms with E-state index in [-0.39, 0.29) is 17.9 Å². The molecule has 0 spiro atoms. The second-order valence-electron chi connectivity index (χ2n) is 7.52. The number of carbonyl (C=O) groups excluding carboxylic acids is 1. The molecule has 7 heteroatoms. The van der Waals surface area contributed by atoms with E-state index in [1.807, 2.05) is 18.3 Å². The number of ether oxygens (including phenoxy) is 1. The minimum atomic E-state index is -0.0402. The van der Waals surface area contributed by atoms with Crippen LogP contribution in [0.25, 0.3) is 16.7 Å². The van der Waals surface area contributed by atoms with Gasteiger partial charge in [-0.05, 0) is 37.1 Å². The van der Waals surface area contributed by atoms with Crippen LogP contribution < -0.4 is 26.2 Å². The van der Waals surface area contributed by atoms with Crippen molar-refractivity contribution in [1.82, 2.24) is 15.8 Å². The van der Waals surface area contributed by atoms with E-state index in [0.717, 1.165) is 52.3 Å². The molecule has 0 aliphatic carbocycles. The highest BCUT2D eigenvalue weighted by Gasteiger charge is 2.29. The Hall–Kier alpha value is -2.90. The number of hydrazine groups is 1. The average molecular weight is 377 g/mol. The molecule has 1 fully saturated rings. The predicted molar refractivity (Wildman–Crippen MR) is 109 cm³/mol. The molecule has 3 aliphatic heterocycles. The van der Waals surface area contributed by atoms with Crippen LogP contribution in [0.1, 0.15) is 18.1 Å². The van der Waals surface area contributed by atoms with Gasteiger partial charge in [0, 0.05) is 53.6 Å². The number of anilines is 2. The average Bonchev–Trinajstić information content (AvgIpc) is 3.25.